The molecule has 0 N–H and O–H groups in total. The maximum atomic E-state index is 12.9. The van der Waals surface area contributed by atoms with Crippen molar-refractivity contribution in [2.24, 2.45) is 7.05 Å². The quantitative estimate of drug-likeness (QED) is 0.723. The molecule has 2 rings (SSSR count). The molecule has 1 amide bonds. The first-order valence-electron chi connectivity index (χ1n) is 7.96. The van der Waals surface area contributed by atoms with Gasteiger partial charge in [-0.25, -0.2) is 0 Å². The summed E-state index contributed by atoms with van der Waals surface area (Å²) in [6.45, 7) is 5.82. The Morgan fingerprint density at radius 1 is 1.19 bits per heavy atom. The fourth-order valence-corrected chi connectivity index (χ4v) is 3.20. The molecule has 0 spiro atoms. The van der Waals surface area contributed by atoms with E-state index in [0.717, 1.165) is 17.0 Å². The van der Waals surface area contributed by atoms with E-state index in [9.17, 15) is 18.0 Å². The van der Waals surface area contributed by atoms with Crippen LogP contribution in [0.1, 0.15) is 34.8 Å². The van der Waals surface area contributed by atoms with Gasteiger partial charge in [-0.3, -0.25) is 14.2 Å². The second-order valence-electron chi connectivity index (χ2n) is 6.24. The van der Waals surface area contributed by atoms with E-state index in [-0.39, 0.29) is 23.3 Å². The molecule has 10 heteroatoms. The summed E-state index contributed by atoms with van der Waals surface area (Å²) >= 11 is 2.93. The molecule has 0 unspecified atom stereocenters. The van der Waals surface area contributed by atoms with Gasteiger partial charge in [0.15, 0.2) is 5.69 Å². The zero-order chi connectivity index (χ0) is 19.8. The predicted molar refractivity (Wildman–Crippen MR) is 93.4 cm³/mol. The molecule has 0 aromatic carbocycles. The van der Waals surface area contributed by atoms with Crippen molar-refractivity contribution in [3.8, 4) is 0 Å². The molecule has 0 aliphatic heterocycles. The Morgan fingerprint density at radius 2 is 1.81 bits per heavy atom. The summed E-state index contributed by atoms with van der Waals surface area (Å²) in [6.07, 6.45) is -4.48. The van der Waals surface area contributed by atoms with Crippen LogP contribution in [0, 0.1) is 20.8 Å². The average Bonchev–Trinajstić information content (AvgIpc) is 2.96. The third-order valence-electron chi connectivity index (χ3n) is 4.42. The highest BCUT2D eigenvalue weighted by atomic mass is 79.9. The van der Waals surface area contributed by atoms with Crippen LogP contribution in [0.15, 0.2) is 4.47 Å². The van der Waals surface area contributed by atoms with Crippen molar-refractivity contribution in [2.75, 3.05) is 7.05 Å². The van der Waals surface area contributed by atoms with E-state index >= 15 is 0 Å². The molecule has 0 saturated heterocycles. The molecule has 0 aliphatic carbocycles. The van der Waals surface area contributed by atoms with Gasteiger partial charge in [-0.15, -0.1) is 0 Å². The minimum absolute atomic E-state index is 0.0567. The molecule has 26 heavy (non-hydrogen) atoms. The zero-order valence-corrected chi connectivity index (χ0v) is 16.9. The molecule has 0 radical (unpaired) electrons. The first-order chi connectivity index (χ1) is 11.9. The number of halogens is 4. The normalized spacial score (nSPS) is 11.9. The lowest BCUT2D eigenvalue weighted by Crippen LogP contribution is -2.27. The number of amides is 1. The fourth-order valence-electron chi connectivity index (χ4n) is 2.69. The maximum absolute atomic E-state index is 12.9. The monoisotopic (exact) mass is 435 g/mol. The predicted octanol–water partition coefficient (Wildman–Crippen LogP) is 3.37. The molecule has 0 atom stereocenters. The Kier molecular flexibility index (Phi) is 5.84. The fraction of sp³-hybridized carbons (Fsp3) is 0.562. The number of alkyl halides is 3. The Morgan fingerprint density at radius 3 is 2.27 bits per heavy atom. The molecule has 144 valence electrons. The van der Waals surface area contributed by atoms with Crippen molar-refractivity contribution in [3.05, 3.63) is 32.8 Å². The summed E-state index contributed by atoms with van der Waals surface area (Å²) in [7, 11) is 3.51. The third kappa shape index (κ3) is 4.11. The maximum Gasteiger partial charge on any atom is 0.436 e. The van der Waals surface area contributed by atoms with Gasteiger partial charge in [0.1, 0.15) is 0 Å². The summed E-state index contributed by atoms with van der Waals surface area (Å²) in [4.78, 5) is 13.9. The van der Waals surface area contributed by atoms with Gasteiger partial charge >= 0.3 is 6.18 Å². The van der Waals surface area contributed by atoms with E-state index in [1.54, 1.807) is 16.6 Å². The van der Waals surface area contributed by atoms with E-state index < -0.39 is 11.9 Å². The first-order valence-corrected chi connectivity index (χ1v) is 8.76. The number of carbonyl (C=O) groups excluding carboxylic acids is 1. The number of hydrogen-bond donors (Lipinski definition) is 0. The van der Waals surface area contributed by atoms with Crippen molar-refractivity contribution in [1.82, 2.24) is 24.5 Å². The summed E-state index contributed by atoms with van der Waals surface area (Å²) in [5.41, 5.74) is 2.17. The van der Waals surface area contributed by atoms with Crippen LogP contribution in [-0.2, 0) is 31.1 Å². The minimum Gasteiger partial charge on any atom is -0.341 e. The molecule has 6 nitrogen and oxygen atoms in total. The SMILES string of the molecule is Cc1nn(C)c(C)c1CN(C)C(=O)CCn1nc(C(F)(F)F)c(Br)c1C. The molecule has 0 aliphatic rings. The number of aryl methyl sites for hydroxylation is 3. The Hall–Kier alpha value is -1.84. The van der Waals surface area contributed by atoms with Crippen LogP contribution in [0.2, 0.25) is 0 Å². The van der Waals surface area contributed by atoms with Crippen LogP contribution in [0.25, 0.3) is 0 Å². The molecule has 2 aromatic heterocycles. The third-order valence-corrected chi connectivity index (χ3v) is 5.37. The molecular weight excluding hydrogens is 415 g/mol. The van der Waals surface area contributed by atoms with Gasteiger partial charge in [-0.1, -0.05) is 0 Å². The highest BCUT2D eigenvalue weighted by Crippen LogP contribution is 2.35. The van der Waals surface area contributed by atoms with E-state index in [0.29, 0.717) is 12.2 Å². The largest absolute Gasteiger partial charge is 0.436 e. The lowest BCUT2D eigenvalue weighted by atomic mass is 10.2. The smallest absolute Gasteiger partial charge is 0.341 e. The van der Waals surface area contributed by atoms with Gasteiger partial charge < -0.3 is 4.90 Å². The van der Waals surface area contributed by atoms with Gasteiger partial charge in [-0.05, 0) is 36.7 Å². The molecule has 0 bridgehead atoms. The standard InChI is InChI=1S/C16H21BrF3N5O/c1-9-12(10(2)24(5)21-9)8-23(4)13(26)6-7-25-11(3)14(17)15(22-25)16(18,19)20/h6-8H2,1-5H3. The Bertz CT molecular complexity index is 825. The molecule has 2 aromatic rings. The van der Waals surface area contributed by atoms with E-state index in [1.807, 2.05) is 20.9 Å². The number of rotatable bonds is 5. The van der Waals surface area contributed by atoms with Crippen LogP contribution >= 0.6 is 15.9 Å². The van der Waals surface area contributed by atoms with Gasteiger partial charge in [-0.2, -0.15) is 23.4 Å². The second-order valence-corrected chi connectivity index (χ2v) is 7.03. The lowest BCUT2D eigenvalue weighted by Gasteiger charge is -2.18. The van der Waals surface area contributed by atoms with Crippen LogP contribution in [-0.4, -0.2) is 37.4 Å². The highest BCUT2D eigenvalue weighted by Gasteiger charge is 2.37. The Balaban J connectivity index is 2.05. The number of carbonyl (C=O) groups is 1. The summed E-state index contributed by atoms with van der Waals surface area (Å²) in [5, 5.41) is 7.90. The molecule has 0 fully saturated rings. The average molecular weight is 436 g/mol. The number of nitrogens with zero attached hydrogens (tertiary/aromatic N) is 5. The van der Waals surface area contributed by atoms with Gasteiger partial charge in [0.05, 0.1) is 22.4 Å². The van der Waals surface area contributed by atoms with Crippen molar-refractivity contribution in [2.45, 2.75) is 46.5 Å². The van der Waals surface area contributed by atoms with Gasteiger partial charge in [0, 0.05) is 38.3 Å². The number of hydrogen-bond acceptors (Lipinski definition) is 3. The van der Waals surface area contributed by atoms with Gasteiger partial charge in [0.25, 0.3) is 0 Å². The van der Waals surface area contributed by atoms with Crippen LogP contribution < -0.4 is 0 Å². The van der Waals surface area contributed by atoms with E-state index in [1.165, 1.54) is 11.6 Å². The van der Waals surface area contributed by atoms with Crippen LogP contribution in [0.3, 0.4) is 0 Å². The Labute approximate surface area is 158 Å². The lowest BCUT2D eigenvalue weighted by molar-refractivity contribution is -0.142. The van der Waals surface area contributed by atoms with Crippen molar-refractivity contribution in [1.29, 1.82) is 0 Å². The first kappa shape index (κ1) is 20.5. The van der Waals surface area contributed by atoms with Crippen molar-refractivity contribution in [3.63, 3.8) is 0 Å². The molecular formula is C16H21BrF3N5O. The van der Waals surface area contributed by atoms with Crippen molar-refractivity contribution < 1.29 is 18.0 Å². The molecule has 2 heterocycles. The van der Waals surface area contributed by atoms with Crippen molar-refractivity contribution >= 4 is 21.8 Å². The van der Waals surface area contributed by atoms with Crippen LogP contribution in [0.5, 0.6) is 0 Å². The number of aromatic nitrogens is 4. The van der Waals surface area contributed by atoms with E-state index in [2.05, 4.69) is 26.1 Å². The minimum atomic E-state index is -4.54. The summed E-state index contributed by atoms with van der Waals surface area (Å²) < 4.78 is 41.6. The molecule has 0 saturated carbocycles. The second kappa shape index (κ2) is 7.42. The zero-order valence-electron chi connectivity index (χ0n) is 15.3. The van der Waals surface area contributed by atoms with E-state index in [4.69, 9.17) is 0 Å². The van der Waals surface area contributed by atoms with Crippen LogP contribution in [0.4, 0.5) is 13.2 Å². The highest BCUT2D eigenvalue weighted by molar-refractivity contribution is 9.10. The van der Waals surface area contributed by atoms with Gasteiger partial charge in [0.2, 0.25) is 5.91 Å². The summed E-state index contributed by atoms with van der Waals surface area (Å²) in [5.74, 6) is -0.174. The topological polar surface area (TPSA) is 56.0 Å². The summed E-state index contributed by atoms with van der Waals surface area (Å²) in [6, 6.07) is 0.